The van der Waals surface area contributed by atoms with Gasteiger partial charge in [0.1, 0.15) is 12.1 Å². The Morgan fingerprint density at radius 2 is 2.00 bits per heavy atom. The summed E-state index contributed by atoms with van der Waals surface area (Å²) in [5, 5.41) is 2.87. The zero-order valence-corrected chi connectivity index (χ0v) is 12.0. The van der Waals surface area contributed by atoms with Crippen molar-refractivity contribution in [3.05, 3.63) is 0 Å². The van der Waals surface area contributed by atoms with Gasteiger partial charge in [0, 0.05) is 19.3 Å². The van der Waals surface area contributed by atoms with E-state index in [1.807, 2.05) is 20.8 Å². The topological polar surface area (TPSA) is 58.6 Å². The summed E-state index contributed by atoms with van der Waals surface area (Å²) in [5.41, 5.74) is 0. The minimum Gasteiger partial charge on any atom is -0.381 e. The Morgan fingerprint density at radius 3 is 2.58 bits per heavy atom. The molecule has 0 aromatic carbocycles. The number of nitrogens with zero attached hydrogens (tertiary/aromatic N) is 1. The molecule has 2 rings (SSSR count). The van der Waals surface area contributed by atoms with Gasteiger partial charge >= 0.3 is 0 Å². The predicted molar refractivity (Wildman–Crippen MR) is 71.5 cm³/mol. The molecule has 2 saturated heterocycles. The van der Waals surface area contributed by atoms with Crippen LogP contribution in [0.15, 0.2) is 0 Å². The maximum atomic E-state index is 12.7. The molecule has 3 unspecified atom stereocenters. The van der Waals surface area contributed by atoms with Crippen LogP contribution in [0.5, 0.6) is 0 Å². The molecule has 2 amide bonds. The third-order valence-corrected chi connectivity index (χ3v) is 4.41. The Kier molecular flexibility index (Phi) is 4.45. The summed E-state index contributed by atoms with van der Waals surface area (Å²) in [6, 6.07) is -0.582. The number of amides is 2. The van der Waals surface area contributed by atoms with E-state index in [0.29, 0.717) is 13.2 Å². The molecule has 2 aliphatic heterocycles. The quantitative estimate of drug-likeness (QED) is 0.828. The van der Waals surface area contributed by atoms with Crippen LogP contribution >= 0.6 is 0 Å². The molecular formula is C14H24N2O3. The van der Waals surface area contributed by atoms with Gasteiger partial charge in [-0.05, 0) is 25.7 Å². The van der Waals surface area contributed by atoms with E-state index in [9.17, 15) is 9.59 Å². The first kappa shape index (κ1) is 14.3. The average Bonchev–Trinajstić information content (AvgIpc) is 2.43. The summed E-state index contributed by atoms with van der Waals surface area (Å²) in [6.45, 7) is 7.23. The van der Waals surface area contributed by atoms with E-state index in [1.54, 1.807) is 4.90 Å². The summed E-state index contributed by atoms with van der Waals surface area (Å²) >= 11 is 0. The summed E-state index contributed by atoms with van der Waals surface area (Å²) in [6.07, 6.45) is 2.54. The van der Waals surface area contributed by atoms with Gasteiger partial charge in [-0.3, -0.25) is 9.59 Å². The molecule has 108 valence electrons. The lowest BCUT2D eigenvalue weighted by Gasteiger charge is -2.44. The minimum absolute atomic E-state index is 0.0311. The van der Waals surface area contributed by atoms with Gasteiger partial charge < -0.3 is 15.0 Å². The summed E-state index contributed by atoms with van der Waals surface area (Å²) < 4.78 is 5.34. The van der Waals surface area contributed by atoms with Crippen LogP contribution in [-0.4, -0.2) is 48.1 Å². The van der Waals surface area contributed by atoms with Gasteiger partial charge in [0.2, 0.25) is 11.8 Å². The van der Waals surface area contributed by atoms with Crippen molar-refractivity contribution in [3.63, 3.8) is 0 Å². The molecule has 1 N–H and O–H groups in total. The Labute approximate surface area is 114 Å². The fourth-order valence-corrected chi connectivity index (χ4v) is 2.89. The maximum absolute atomic E-state index is 12.7. The monoisotopic (exact) mass is 268 g/mol. The fourth-order valence-electron chi connectivity index (χ4n) is 2.89. The third kappa shape index (κ3) is 2.76. The van der Waals surface area contributed by atoms with Crippen molar-refractivity contribution < 1.29 is 14.3 Å². The summed E-state index contributed by atoms with van der Waals surface area (Å²) in [4.78, 5) is 26.5. The number of carbonyl (C=O) groups excluding carboxylic acids is 2. The predicted octanol–water partition coefficient (Wildman–Crippen LogP) is 0.927. The van der Waals surface area contributed by atoms with Crippen LogP contribution in [0, 0.1) is 5.92 Å². The van der Waals surface area contributed by atoms with E-state index < -0.39 is 0 Å². The molecular weight excluding hydrogens is 244 g/mol. The third-order valence-electron chi connectivity index (χ3n) is 4.41. The van der Waals surface area contributed by atoms with E-state index >= 15 is 0 Å². The molecule has 0 aromatic heterocycles. The molecule has 5 heteroatoms. The van der Waals surface area contributed by atoms with E-state index in [-0.39, 0.29) is 35.9 Å². The Bertz CT molecular complexity index is 353. The van der Waals surface area contributed by atoms with Crippen LogP contribution in [0.3, 0.4) is 0 Å². The highest BCUT2D eigenvalue weighted by Gasteiger charge is 2.43. The molecule has 0 bridgehead atoms. The molecule has 0 aromatic rings. The van der Waals surface area contributed by atoms with Crippen molar-refractivity contribution >= 4 is 11.8 Å². The largest absolute Gasteiger partial charge is 0.381 e. The van der Waals surface area contributed by atoms with Crippen molar-refractivity contribution in [2.45, 2.75) is 58.2 Å². The van der Waals surface area contributed by atoms with Crippen LogP contribution in [0.25, 0.3) is 0 Å². The first-order chi connectivity index (χ1) is 9.06. The standard InChI is InChI=1S/C14H24N2O3/c1-4-9(2)12-14(18)16(10(3)13(17)15-12)11-5-7-19-8-6-11/h9-12H,4-8H2,1-3H3,(H,15,17). The highest BCUT2D eigenvalue weighted by atomic mass is 16.5. The van der Waals surface area contributed by atoms with Gasteiger partial charge in [0.15, 0.2) is 0 Å². The zero-order chi connectivity index (χ0) is 14.0. The van der Waals surface area contributed by atoms with Crippen molar-refractivity contribution in [1.29, 1.82) is 0 Å². The average molecular weight is 268 g/mol. The highest BCUT2D eigenvalue weighted by molar-refractivity contribution is 5.97. The van der Waals surface area contributed by atoms with E-state index in [0.717, 1.165) is 19.3 Å². The molecule has 2 fully saturated rings. The second-order valence-electron chi connectivity index (χ2n) is 5.64. The lowest BCUT2D eigenvalue weighted by molar-refractivity contribution is -0.155. The van der Waals surface area contributed by atoms with Gasteiger partial charge in [-0.15, -0.1) is 0 Å². The summed E-state index contributed by atoms with van der Waals surface area (Å²) in [7, 11) is 0. The van der Waals surface area contributed by atoms with E-state index in [1.165, 1.54) is 0 Å². The lowest BCUT2D eigenvalue weighted by atomic mass is 9.92. The first-order valence-electron chi connectivity index (χ1n) is 7.26. The molecule has 0 spiro atoms. The van der Waals surface area contributed by atoms with Crippen LogP contribution < -0.4 is 5.32 Å². The Hall–Kier alpha value is -1.10. The number of piperazine rings is 1. The molecule has 0 aliphatic carbocycles. The van der Waals surface area contributed by atoms with E-state index in [2.05, 4.69) is 5.32 Å². The second kappa shape index (κ2) is 5.90. The van der Waals surface area contributed by atoms with E-state index in [4.69, 9.17) is 4.74 Å². The number of carbonyl (C=O) groups is 2. The normalized spacial score (nSPS) is 31.2. The number of ether oxygens (including phenoxy) is 1. The van der Waals surface area contributed by atoms with Crippen LogP contribution in [0.4, 0.5) is 0 Å². The smallest absolute Gasteiger partial charge is 0.246 e. The number of nitrogens with one attached hydrogen (secondary N) is 1. The fraction of sp³-hybridized carbons (Fsp3) is 0.857. The molecule has 19 heavy (non-hydrogen) atoms. The highest BCUT2D eigenvalue weighted by Crippen LogP contribution is 2.24. The molecule has 2 aliphatic rings. The molecule has 5 nitrogen and oxygen atoms in total. The van der Waals surface area contributed by atoms with Gasteiger partial charge in [-0.1, -0.05) is 20.3 Å². The Balaban J connectivity index is 2.18. The van der Waals surface area contributed by atoms with Crippen LogP contribution in [0.1, 0.15) is 40.0 Å². The van der Waals surface area contributed by atoms with Crippen molar-refractivity contribution in [3.8, 4) is 0 Å². The summed E-state index contributed by atoms with van der Waals surface area (Å²) in [5.74, 6) is 0.219. The molecule has 2 heterocycles. The molecule has 0 radical (unpaired) electrons. The second-order valence-corrected chi connectivity index (χ2v) is 5.64. The maximum Gasteiger partial charge on any atom is 0.246 e. The van der Waals surface area contributed by atoms with Crippen molar-refractivity contribution in [2.24, 2.45) is 5.92 Å². The van der Waals surface area contributed by atoms with Crippen LogP contribution in [0.2, 0.25) is 0 Å². The Morgan fingerprint density at radius 1 is 1.37 bits per heavy atom. The van der Waals surface area contributed by atoms with Gasteiger partial charge in [0.05, 0.1) is 0 Å². The van der Waals surface area contributed by atoms with Gasteiger partial charge in [-0.25, -0.2) is 0 Å². The number of hydrogen-bond acceptors (Lipinski definition) is 3. The van der Waals surface area contributed by atoms with Gasteiger partial charge in [0.25, 0.3) is 0 Å². The number of hydrogen-bond donors (Lipinski definition) is 1. The SMILES string of the molecule is CCC(C)C1NC(=O)C(C)N(C2CCOCC2)C1=O. The van der Waals surface area contributed by atoms with Crippen molar-refractivity contribution in [1.82, 2.24) is 10.2 Å². The van der Waals surface area contributed by atoms with Crippen LogP contribution in [-0.2, 0) is 14.3 Å². The first-order valence-corrected chi connectivity index (χ1v) is 7.26. The minimum atomic E-state index is -0.365. The van der Waals surface area contributed by atoms with Gasteiger partial charge in [-0.2, -0.15) is 0 Å². The van der Waals surface area contributed by atoms with Crippen molar-refractivity contribution in [2.75, 3.05) is 13.2 Å². The lowest BCUT2D eigenvalue weighted by Crippen LogP contribution is -2.66. The molecule has 3 atom stereocenters. The molecule has 0 saturated carbocycles. The zero-order valence-electron chi connectivity index (χ0n) is 12.0. The number of rotatable bonds is 3.